The average molecular weight is 353 g/mol. The summed E-state index contributed by atoms with van der Waals surface area (Å²) < 4.78 is 5.00. The number of ether oxygens (including phenoxy) is 1. The Morgan fingerprint density at radius 2 is 2.12 bits per heavy atom. The van der Waals surface area contributed by atoms with Gasteiger partial charge in [0.1, 0.15) is 23.0 Å². The number of benzene rings is 1. The van der Waals surface area contributed by atoms with Crippen molar-refractivity contribution in [3.05, 3.63) is 52.7 Å². The molecule has 25 heavy (non-hydrogen) atoms. The summed E-state index contributed by atoms with van der Waals surface area (Å²) in [5, 5.41) is 4.39. The fourth-order valence-corrected chi connectivity index (χ4v) is 4.62. The second-order valence-electron chi connectivity index (χ2n) is 6.17. The van der Waals surface area contributed by atoms with E-state index in [1.165, 1.54) is 24.0 Å². The van der Waals surface area contributed by atoms with E-state index in [0.29, 0.717) is 6.42 Å². The molecule has 0 fully saturated rings. The lowest BCUT2D eigenvalue weighted by atomic mass is 10.1. The first-order valence-electron chi connectivity index (χ1n) is 8.40. The van der Waals surface area contributed by atoms with E-state index in [2.05, 4.69) is 15.3 Å². The van der Waals surface area contributed by atoms with Crippen LogP contribution in [0.4, 0.5) is 5.82 Å². The van der Waals surface area contributed by atoms with Gasteiger partial charge in [0.2, 0.25) is 0 Å². The lowest BCUT2D eigenvalue weighted by Crippen LogP contribution is -2.33. The predicted octanol–water partition coefficient (Wildman–Crippen LogP) is 3.38. The van der Waals surface area contributed by atoms with Gasteiger partial charge in [-0.25, -0.2) is 14.8 Å². The van der Waals surface area contributed by atoms with Gasteiger partial charge in [0.05, 0.1) is 12.5 Å². The van der Waals surface area contributed by atoms with Crippen LogP contribution in [0.25, 0.3) is 10.2 Å². The third-order valence-electron chi connectivity index (χ3n) is 4.58. The molecular formula is C19H19N3O2S. The maximum atomic E-state index is 12.3. The summed E-state index contributed by atoms with van der Waals surface area (Å²) in [7, 11) is 1.42. The quantitative estimate of drug-likeness (QED) is 0.713. The topological polar surface area (TPSA) is 64.1 Å². The van der Waals surface area contributed by atoms with Gasteiger partial charge >= 0.3 is 5.97 Å². The van der Waals surface area contributed by atoms with E-state index in [9.17, 15) is 4.79 Å². The monoisotopic (exact) mass is 353 g/mol. The number of fused-ring (bicyclic) bond motifs is 3. The summed E-state index contributed by atoms with van der Waals surface area (Å²) in [6, 6.07) is 9.44. The molecule has 1 N–H and O–H groups in total. The first-order chi connectivity index (χ1) is 12.3. The van der Waals surface area contributed by atoms with Crippen molar-refractivity contribution in [3.63, 3.8) is 0 Å². The normalized spacial score (nSPS) is 14.3. The zero-order chi connectivity index (χ0) is 17.2. The number of esters is 1. The number of hydrogen-bond acceptors (Lipinski definition) is 6. The molecule has 0 aliphatic heterocycles. The number of carbonyl (C=O) groups is 1. The van der Waals surface area contributed by atoms with E-state index in [4.69, 9.17) is 4.74 Å². The smallest absolute Gasteiger partial charge is 0.328 e. The van der Waals surface area contributed by atoms with Crippen molar-refractivity contribution >= 4 is 33.3 Å². The van der Waals surface area contributed by atoms with Crippen LogP contribution in [0.2, 0.25) is 0 Å². The average Bonchev–Trinajstić information content (AvgIpc) is 3.22. The molecule has 0 unspecified atom stereocenters. The number of thiophene rings is 1. The predicted molar refractivity (Wildman–Crippen MR) is 99.0 cm³/mol. The van der Waals surface area contributed by atoms with Crippen LogP contribution in [0.5, 0.6) is 0 Å². The van der Waals surface area contributed by atoms with Gasteiger partial charge in [0.15, 0.2) is 0 Å². The van der Waals surface area contributed by atoms with Gasteiger partial charge in [-0.05, 0) is 30.4 Å². The third-order valence-corrected chi connectivity index (χ3v) is 5.78. The minimum Gasteiger partial charge on any atom is -0.467 e. The van der Waals surface area contributed by atoms with Gasteiger partial charge in [0, 0.05) is 11.3 Å². The Balaban J connectivity index is 1.68. The van der Waals surface area contributed by atoms with Crippen LogP contribution in [0.3, 0.4) is 0 Å². The lowest BCUT2D eigenvalue weighted by Gasteiger charge is -2.18. The highest BCUT2D eigenvalue weighted by atomic mass is 32.1. The Morgan fingerprint density at radius 1 is 1.28 bits per heavy atom. The van der Waals surface area contributed by atoms with Crippen molar-refractivity contribution in [2.24, 2.45) is 0 Å². The number of aryl methyl sites for hydroxylation is 2. The molecule has 0 amide bonds. The molecule has 0 spiro atoms. The maximum absolute atomic E-state index is 12.3. The molecule has 128 valence electrons. The highest BCUT2D eigenvalue weighted by Gasteiger charge is 2.25. The van der Waals surface area contributed by atoms with Gasteiger partial charge in [-0.2, -0.15) is 0 Å². The Hall–Kier alpha value is -2.47. The van der Waals surface area contributed by atoms with Crippen LogP contribution in [0.1, 0.15) is 22.4 Å². The first-order valence-corrected chi connectivity index (χ1v) is 9.21. The molecule has 2 heterocycles. The van der Waals surface area contributed by atoms with Crippen LogP contribution in [0.15, 0.2) is 36.7 Å². The van der Waals surface area contributed by atoms with E-state index in [0.717, 1.165) is 34.4 Å². The summed E-state index contributed by atoms with van der Waals surface area (Å²) in [6.07, 6.45) is 5.45. The minimum absolute atomic E-state index is 0.289. The fraction of sp³-hybridized carbons (Fsp3) is 0.316. The molecular weight excluding hydrogens is 334 g/mol. The van der Waals surface area contributed by atoms with E-state index in [1.807, 2.05) is 30.3 Å². The number of carbonyl (C=O) groups excluding carboxylic acids is 1. The van der Waals surface area contributed by atoms with E-state index >= 15 is 0 Å². The molecule has 0 saturated carbocycles. The van der Waals surface area contributed by atoms with Crippen LogP contribution < -0.4 is 5.32 Å². The maximum Gasteiger partial charge on any atom is 0.328 e. The molecule has 0 saturated heterocycles. The number of methoxy groups -OCH3 is 1. The molecule has 2 aromatic heterocycles. The number of rotatable bonds is 5. The van der Waals surface area contributed by atoms with Crippen molar-refractivity contribution < 1.29 is 9.53 Å². The van der Waals surface area contributed by atoms with Crippen LogP contribution in [-0.4, -0.2) is 29.1 Å². The summed E-state index contributed by atoms with van der Waals surface area (Å²) in [6.45, 7) is 0. The molecule has 3 aromatic rings. The zero-order valence-corrected chi connectivity index (χ0v) is 14.8. The second-order valence-corrected chi connectivity index (χ2v) is 7.25. The molecule has 1 atom stereocenters. The Kier molecular flexibility index (Phi) is 4.36. The van der Waals surface area contributed by atoms with E-state index in [1.54, 1.807) is 17.7 Å². The van der Waals surface area contributed by atoms with Crippen LogP contribution >= 0.6 is 11.3 Å². The minimum atomic E-state index is -0.484. The highest BCUT2D eigenvalue weighted by molar-refractivity contribution is 7.19. The molecule has 1 aliphatic rings. The Morgan fingerprint density at radius 3 is 2.92 bits per heavy atom. The van der Waals surface area contributed by atoms with Crippen molar-refractivity contribution in [1.29, 1.82) is 0 Å². The van der Waals surface area contributed by atoms with Crippen molar-refractivity contribution in [2.45, 2.75) is 31.7 Å². The van der Waals surface area contributed by atoms with Gasteiger partial charge in [-0.1, -0.05) is 30.3 Å². The summed E-state index contributed by atoms with van der Waals surface area (Å²) in [5.41, 5.74) is 2.41. The van der Waals surface area contributed by atoms with E-state index < -0.39 is 6.04 Å². The molecule has 1 aromatic carbocycles. The van der Waals surface area contributed by atoms with Gasteiger partial charge < -0.3 is 10.1 Å². The number of hydrogen-bond donors (Lipinski definition) is 1. The SMILES string of the molecule is COC(=O)[C@@H](Cc1ccccc1)Nc1ncnc2sc3c(c12)CCC3. The van der Waals surface area contributed by atoms with Gasteiger partial charge in [-0.15, -0.1) is 11.3 Å². The van der Waals surface area contributed by atoms with Crippen LogP contribution in [0, 0.1) is 0 Å². The summed E-state index contributed by atoms with van der Waals surface area (Å²) in [5.74, 6) is 0.443. The van der Waals surface area contributed by atoms with Gasteiger partial charge in [-0.3, -0.25) is 0 Å². The summed E-state index contributed by atoms with van der Waals surface area (Å²) in [4.78, 5) is 23.5. The zero-order valence-electron chi connectivity index (χ0n) is 14.0. The Bertz CT molecular complexity index is 908. The van der Waals surface area contributed by atoms with Crippen molar-refractivity contribution in [1.82, 2.24) is 9.97 Å². The van der Waals surface area contributed by atoms with E-state index in [-0.39, 0.29) is 5.97 Å². The lowest BCUT2D eigenvalue weighted by molar-refractivity contribution is -0.141. The molecule has 4 rings (SSSR count). The standard InChI is InChI=1S/C19H19N3O2S/c1-24-19(23)14(10-12-6-3-2-4-7-12)22-17-16-13-8-5-9-15(13)25-18(16)21-11-20-17/h2-4,6-7,11,14H,5,8-10H2,1H3,(H,20,21,22)/t14-/m1/s1. The number of nitrogens with one attached hydrogen (secondary N) is 1. The molecule has 1 aliphatic carbocycles. The molecule has 5 nitrogen and oxygen atoms in total. The fourth-order valence-electron chi connectivity index (χ4n) is 3.39. The Labute approximate surface area is 150 Å². The third kappa shape index (κ3) is 3.09. The second kappa shape index (κ2) is 6.80. The summed E-state index contributed by atoms with van der Waals surface area (Å²) >= 11 is 1.74. The highest BCUT2D eigenvalue weighted by Crippen LogP contribution is 2.39. The van der Waals surface area contributed by atoms with Crippen LogP contribution in [-0.2, 0) is 28.8 Å². The molecule has 0 radical (unpaired) electrons. The number of anilines is 1. The van der Waals surface area contributed by atoms with Crippen molar-refractivity contribution in [3.8, 4) is 0 Å². The number of aromatic nitrogens is 2. The number of nitrogens with zero attached hydrogens (tertiary/aromatic N) is 2. The molecule has 0 bridgehead atoms. The first kappa shape index (κ1) is 16.0. The molecule has 6 heteroatoms. The largest absolute Gasteiger partial charge is 0.467 e. The van der Waals surface area contributed by atoms with Gasteiger partial charge in [0.25, 0.3) is 0 Å². The van der Waals surface area contributed by atoms with Crippen molar-refractivity contribution in [2.75, 3.05) is 12.4 Å².